The summed E-state index contributed by atoms with van der Waals surface area (Å²) in [6, 6.07) is 21.2. The molecule has 74 heavy (non-hydrogen) atoms. The first kappa shape index (κ1) is 51.1. The van der Waals surface area contributed by atoms with E-state index >= 15 is 0 Å². The van der Waals surface area contributed by atoms with Gasteiger partial charge >= 0.3 is 0 Å². The summed E-state index contributed by atoms with van der Waals surface area (Å²) in [5, 5.41) is 14.9. The number of hydrogen-bond acceptors (Lipinski definition) is 10. The summed E-state index contributed by atoms with van der Waals surface area (Å²) < 4.78 is 19.8. The van der Waals surface area contributed by atoms with Gasteiger partial charge in [-0.2, -0.15) is 4.98 Å². The Hall–Kier alpha value is -5.03. The molecule has 6 aromatic rings. The summed E-state index contributed by atoms with van der Waals surface area (Å²) in [6.45, 7) is 11.0. The second kappa shape index (κ2) is 20.5. The number of thiazole rings is 1. The summed E-state index contributed by atoms with van der Waals surface area (Å²) >= 11 is 5.23. The summed E-state index contributed by atoms with van der Waals surface area (Å²) in [7, 11) is 0. The van der Waals surface area contributed by atoms with Crippen LogP contribution in [0.1, 0.15) is 140 Å². The SMILES string of the molecule is Cc1ncsc1-c1ccc([C@H](CCCCCN2C[C@@H]3C[C@H]2CN3c2ccc3c(c2)n(C2CCCC2)c2nc(=O)c4c(Br)cccc4n32)NC(=O)[C@@H]2C[C@@H](O)CN2C(=O)[C@@H](CCCC(=O)C2(F)CC2)C(C)(C)C)cc1. The number of piperazine rings is 1. The van der Waals surface area contributed by atoms with Gasteiger partial charge < -0.3 is 24.8 Å². The number of benzene rings is 3. The highest BCUT2D eigenvalue weighted by atomic mass is 79.9. The number of aliphatic hydroxyl groups excluding tert-OH is 1. The predicted octanol–water partition coefficient (Wildman–Crippen LogP) is 10.7. The number of nitrogens with one attached hydrogen (secondary N) is 1. The molecule has 5 aliphatic rings. The van der Waals surface area contributed by atoms with Gasteiger partial charge in [-0.3, -0.25) is 28.5 Å². The largest absolute Gasteiger partial charge is 0.391 e. The number of alkyl halides is 1. The number of anilines is 1. The second-order valence-electron chi connectivity index (χ2n) is 23.3. The van der Waals surface area contributed by atoms with Crippen LogP contribution in [0.15, 0.2) is 75.4 Å². The monoisotopic (exact) mass is 1090 g/mol. The number of rotatable bonds is 18. The number of nitrogens with zero attached hydrogens (tertiary/aromatic N) is 7. The minimum Gasteiger partial charge on any atom is -0.391 e. The lowest BCUT2D eigenvalue weighted by Gasteiger charge is -2.36. The van der Waals surface area contributed by atoms with Crippen LogP contribution in [0.3, 0.4) is 0 Å². The second-order valence-corrected chi connectivity index (χ2v) is 25.0. The number of unbranched alkanes of at least 4 members (excludes halogenated alkanes) is 2. The first-order valence-corrected chi connectivity index (χ1v) is 28.9. The third-order valence-electron chi connectivity index (χ3n) is 17.3. The van der Waals surface area contributed by atoms with Gasteiger partial charge in [0.05, 0.1) is 50.2 Å². The maximum Gasteiger partial charge on any atom is 0.283 e. The van der Waals surface area contributed by atoms with Gasteiger partial charge in [-0.05, 0) is 134 Å². The van der Waals surface area contributed by atoms with Crippen LogP contribution in [0, 0.1) is 18.3 Å². The third kappa shape index (κ3) is 9.86. The fourth-order valence-corrected chi connectivity index (χ4v) is 14.4. The van der Waals surface area contributed by atoms with E-state index in [1.807, 2.05) is 51.4 Å². The number of fused-ring (bicyclic) bond motifs is 7. The van der Waals surface area contributed by atoms with Crippen LogP contribution in [0.25, 0.3) is 38.2 Å². The molecule has 0 radical (unpaired) electrons. The van der Waals surface area contributed by atoms with Gasteiger partial charge in [-0.1, -0.05) is 76.8 Å². The summed E-state index contributed by atoms with van der Waals surface area (Å²) in [6.07, 6.45) is 10.1. The number of aryl methyl sites for hydroxylation is 1. The molecule has 3 saturated heterocycles. The Balaban J connectivity index is 0.743. The molecular weight excluding hydrogens is 1020 g/mol. The highest BCUT2D eigenvalue weighted by molar-refractivity contribution is 9.10. The molecule has 3 aromatic heterocycles. The molecule has 6 heterocycles. The summed E-state index contributed by atoms with van der Waals surface area (Å²) in [4.78, 5) is 72.0. The Morgan fingerprint density at radius 1 is 0.905 bits per heavy atom. The molecule has 3 aromatic carbocycles. The molecule has 0 unspecified atom stereocenters. The van der Waals surface area contributed by atoms with E-state index in [4.69, 9.17) is 4.98 Å². The number of β-amino-alcohol motifs (C(OH)–C–C–N with tert-alkyl or cyclic N) is 1. The van der Waals surface area contributed by atoms with Crippen molar-refractivity contribution in [1.82, 2.24) is 34.1 Å². The number of halogens is 2. The van der Waals surface area contributed by atoms with Crippen molar-refractivity contribution in [2.75, 3.05) is 31.1 Å². The number of imidazole rings is 1. The van der Waals surface area contributed by atoms with E-state index in [-0.39, 0.29) is 61.4 Å². The van der Waals surface area contributed by atoms with Crippen LogP contribution in [0.2, 0.25) is 0 Å². The number of carbonyl (C=O) groups excluding carboxylic acids is 3. The normalized spacial score (nSPS) is 22.7. The maximum absolute atomic E-state index is 14.5. The van der Waals surface area contributed by atoms with Crippen molar-refractivity contribution >= 4 is 78.3 Å². The lowest BCUT2D eigenvalue weighted by atomic mass is 9.76. The van der Waals surface area contributed by atoms with E-state index in [1.165, 1.54) is 18.5 Å². The van der Waals surface area contributed by atoms with Gasteiger partial charge in [0.1, 0.15) is 6.04 Å². The van der Waals surface area contributed by atoms with E-state index in [9.17, 15) is 28.7 Å². The van der Waals surface area contributed by atoms with Crippen LogP contribution in [-0.4, -0.2) is 108 Å². The van der Waals surface area contributed by atoms with E-state index in [2.05, 4.69) is 87.5 Å². The minimum absolute atomic E-state index is 0.0675. The fraction of sp³-hybridized carbons (Fsp3) is 0.552. The number of Topliss-reactive ketones (excluding diaryl/α,β-unsaturated/α-hetero) is 1. The van der Waals surface area contributed by atoms with Crippen molar-refractivity contribution in [2.24, 2.45) is 11.3 Å². The zero-order valence-corrected chi connectivity index (χ0v) is 45.6. The predicted molar refractivity (Wildman–Crippen MR) is 293 cm³/mol. The molecule has 2 bridgehead atoms. The Kier molecular flexibility index (Phi) is 14.1. The fourth-order valence-electron chi connectivity index (χ4n) is 13.0. The highest BCUT2D eigenvalue weighted by Crippen LogP contribution is 2.44. The van der Waals surface area contributed by atoms with Crippen LogP contribution < -0.4 is 15.8 Å². The van der Waals surface area contributed by atoms with Gasteiger partial charge in [-0.15, -0.1) is 11.3 Å². The number of ketones is 1. The molecule has 13 nitrogen and oxygen atoms in total. The van der Waals surface area contributed by atoms with Crippen LogP contribution in [0.4, 0.5) is 10.1 Å². The number of likely N-dealkylation sites (tertiary alicyclic amines) is 2. The molecule has 2 N–H and O–H groups in total. The minimum atomic E-state index is -1.69. The molecule has 5 fully saturated rings. The molecule has 2 amide bonds. The molecule has 16 heteroatoms. The maximum atomic E-state index is 14.5. The molecule has 2 aliphatic carbocycles. The number of amides is 2. The summed E-state index contributed by atoms with van der Waals surface area (Å²) in [5.41, 5.74) is 6.85. The molecule has 2 saturated carbocycles. The molecule has 11 rings (SSSR count). The zero-order chi connectivity index (χ0) is 51.6. The Morgan fingerprint density at radius 2 is 1.69 bits per heavy atom. The first-order valence-electron chi connectivity index (χ1n) is 27.2. The van der Waals surface area contributed by atoms with E-state index in [0.29, 0.717) is 36.4 Å². The number of aromatic nitrogens is 4. The summed E-state index contributed by atoms with van der Waals surface area (Å²) in [5.74, 6) is -0.630. The van der Waals surface area contributed by atoms with Crippen LogP contribution in [-0.2, 0) is 14.4 Å². The van der Waals surface area contributed by atoms with Crippen molar-refractivity contribution in [3.8, 4) is 10.4 Å². The van der Waals surface area contributed by atoms with Gasteiger partial charge in [0.2, 0.25) is 17.6 Å². The topological polar surface area (TPSA) is 145 Å². The van der Waals surface area contributed by atoms with Crippen molar-refractivity contribution in [3.05, 3.63) is 92.3 Å². The molecule has 0 spiro atoms. The third-order valence-corrected chi connectivity index (χ3v) is 18.9. The van der Waals surface area contributed by atoms with E-state index < -0.39 is 29.1 Å². The standard InChI is InChI=1S/C58H70BrFN8O5S/c1-35-52(74-34-61-35)37-21-19-36(20-22-37)45(62-53(71)49-30-42(69)33-66(49)55(73)43(57(2,3)4)14-10-18-50(70)58(60)25-26-58)16-6-5-9-27-64-31-41-28-40(64)32-65(41)39-23-24-46-48(29-39)67(38-12-7-8-13-38)56-63-54(72)51-44(59)15-11-17-47(51)68(46)56/h11,15,17,19-24,29,34,38,40-43,45,49,69H,5-10,12-14,16,18,25-28,30-33H2,1-4H3,(H,62,71)/t40-,41-,42+,43+,45-,49-/m0/s1. The lowest BCUT2D eigenvalue weighted by molar-refractivity contribution is -0.145. The number of aliphatic hydroxyl groups is 1. The smallest absolute Gasteiger partial charge is 0.283 e. The quantitative estimate of drug-likeness (QED) is 0.0804. The number of hydrogen-bond donors (Lipinski definition) is 2. The van der Waals surface area contributed by atoms with E-state index in [1.54, 1.807) is 16.2 Å². The molecule has 3 aliphatic heterocycles. The van der Waals surface area contributed by atoms with Crippen LogP contribution in [0.5, 0.6) is 0 Å². The van der Waals surface area contributed by atoms with Crippen molar-refractivity contribution < 1.29 is 23.9 Å². The average molecular weight is 1090 g/mol. The Bertz CT molecular complexity index is 3160. The zero-order valence-electron chi connectivity index (χ0n) is 43.2. The van der Waals surface area contributed by atoms with Crippen molar-refractivity contribution in [1.29, 1.82) is 0 Å². The molecular formula is C58H70BrFN8O5S. The highest BCUT2D eigenvalue weighted by Gasteiger charge is 2.50. The average Bonchev–Trinajstić information content (AvgIpc) is 4.09. The Labute approximate surface area is 445 Å². The van der Waals surface area contributed by atoms with E-state index in [0.717, 1.165) is 113 Å². The van der Waals surface area contributed by atoms with Gasteiger partial charge in [0, 0.05) is 66.7 Å². The Morgan fingerprint density at radius 3 is 2.39 bits per heavy atom. The van der Waals surface area contributed by atoms with Crippen molar-refractivity contribution in [2.45, 2.75) is 166 Å². The van der Waals surface area contributed by atoms with Crippen LogP contribution >= 0.6 is 27.3 Å². The number of carbonyl (C=O) groups is 3. The van der Waals surface area contributed by atoms with Gasteiger partial charge in [0.25, 0.3) is 5.56 Å². The van der Waals surface area contributed by atoms with Gasteiger partial charge in [0.15, 0.2) is 11.5 Å². The van der Waals surface area contributed by atoms with Gasteiger partial charge in [-0.25, -0.2) is 9.37 Å². The molecule has 6 atom stereocenters. The first-order chi connectivity index (χ1) is 35.6. The van der Waals surface area contributed by atoms with Crippen molar-refractivity contribution in [3.63, 3.8) is 0 Å². The lowest BCUT2D eigenvalue weighted by Crippen LogP contribution is -2.50. The molecule has 392 valence electrons.